The molecule has 0 radical (unpaired) electrons. The van der Waals surface area contributed by atoms with Crippen LogP contribution in [0.2, 0.25) is 0 Å². The number of ether oxygens (including phenoxy) is 3. The molecule has 3 aromatic rings. The number of aryl methyl sites for hydroxylation is 2. The summed E-state index contributed by atoms with van der Waals surface area (Å²) in [7, 11) is 1.89. The average molecular weight is 355 g/mol. The summed E-state index contributed by atoms with van der Waals surface area (Å²) in [5.74, 6) is -0.668. The maximum absolute atomic E-state index is 6.39. The van der Waals surface area contributed by atoms with Crippen molar-refractivity contribution in [3.63, 3.8) is 0 Å². The molecule has 0 spiro atoms. The van der Waals surface area contributed by atoms with Gasteiger partial charge in [-0.3, -0.25) is 4.68 Å². The highest BCUT2D eigenvalue weighted by Gasteiger charge is 2.57. The number of hydrogen-bond donors (Lipinski definition) is 0. The molecular formula is C18H21N5O3. The third-order valence-corrected chi connectivity index (χ3v) is 5.04. The lowest BCUT2D eigenvalue weighted by Crippen LogP contribution is -2.27. The van der Waals surface area contributed by atoms with Crippen LogP contribution in [0.5, 0.6) is 0 Å². The van der Waals surface area contributed by atoms with E-state index < -0.39 is 5.79 Å². The number of fused-ring (bicyclic) bond motifs is 2. The van der Waals surface area contributed by atoms with Crippen LogP contribution in [-0.4, -0.2) is 42.3 Å². The van der Waals surface area contributed by atoms with E-state index in [0.717, 1.165) is 22.4 Å². The summed E-state index contributed by atoms with van der Waals surface area (Å²) < 4.78 is 22.5. The van der Waals surface area contributed by atoms with Crippen molar-refractivity contribution < 1.29 is 14.2 Å². The van der Waals surface area contributed by atoms with E-state index in [-0.39, 0.29) is 24.5 Å². The van der Waals surface area contributed by atoms with Gasteiger partial charge in [0.25, 0.3) is 0 Å². The summed E-state index contributed by atoms with van der Waals surface area (Å²) in [6, 6.07) is 3.97. The number of rotatable bonds is 2. The number of hydrogen-bond acceptors (Lipinski definition) is 6. The molecule has 3 aromatic heterocycles. The van der Waals surface area contributed by atoms with Crippen molar-refractivity contribution in [3.05, 3.63) is 42.2 Å². The van der Waals surface area contributed by atoms with E-state index in [1.165, 1.54) is 0 Å². The van der Waals surface area contributed by atoms with Crippen molar-refractivity contribution in [2.75, 3.05) is 0 Å². The molecule has 0 N–H and O–H groups in total. The molecule has 136 valence electrons. The monoisotopic (exact) mass is 355 g/mol. The normalized spacial score (nSPS) is 30.2. The fourth-order valence-corrected chi connectivity index (χ4v) is 3.93. The zero-order chi connectivity index (χ0) is 18.1. The molecular weight excluding hydrogens is 334 g/mol. The Kier molecular flexibility index (Phi) is 3.28. The minimum absolute atomic E-state index is 0.231. The molecule has 0 saturated carbocycles. The fraction of sp³-hybridized carbons (Fsp3) is 0.500. The summed E-state index contributed by atoms with van der Waals surface area (Å²) in [6.07, 6.45) is 4.34. The minimum atomic E-state index is -0.668. The summed E-state index contributed by atoms with van der Waals surface area (Å²) in [5, 5.41) is 5.52. The topological polar surface area (TPSA) is 76.2 Å². The first-order chi connectivity index (χ1) is 12.4. The Balaban J connectivity index is 1.59. The Hall–Kier alpha value is -2.29. The first kappa shape index (κ1) is 15.9. The van der Waals surface area contributed by atoms with Crippen molar-refractivity contribution in [3.8, 4) is 0 Å². The molecule has 26 heavy (non-hydrogen) atoms. The van der Waals surface area contributed by atoms with Gasteiger partial charge in [-0.25, -0.2) is 9.97 Å². The molecule has 8 heteroatoms. The lowest BCUT2D eigenvalue weighted by molar-refractivity contribution is -0.197. The van der Waals surface area contributed by atoms with Crippen LogP contribution < -0.4 is 0 Å². The molecule has 0 aromatic carbocycles. The summed E-state index contributed by atoms with van der Waals surface area (Å²) >= 11 is 0. The van der Waals surface area contributed by atoms with Gasteiger partial charge < -0.3 is 18.8 Å². The maximum Gasteiger partial charge on any atom is 0.165 e. The highest BCUT2D eigenvalue weighted by Crippen LogP contribution is 2.49. The van der Waals surface area contributed by atoms with E-state index in [1.807, 2.05) is 56.9 Å². The van der Waals surface area contributed by atoms with E-state index in [0.29, 0.717) is 0 Å². The Bertz CT molecular complexity index is 978. The van der Waals surface area contributed by atoms with Crippen LogP contribution in [-0.2, 0) is 21.3 Å². The van der Waals surface area contributed by atoms with Crippen LogP contribution in [0.4, 0.5) is 0 Å². The van der Waals surface area contributed by atoms with Crippen LogP contribution in [0.3, 0.4) is 0 Å². The van der Waals surface area contributed by atoms with Gasteiger partial charge in [0.1, 0.15) is 30.3 Å². The Morgan fingerprint density at radius 1 is 1.08 bits per heavy atom. The molecule has 0 unspecified atom stereocenters. The molecule has 2 aliphatic rings. The van der Waals surface area contributed by atoms with Crippen LogP contribution in [0.15, 0.2) is 30.9 Å². The molecule has 2 fully saturated rings. The Morgan fingerprint density at radius 2 is 1.88 bits per heavy atom. The smallest absolute Gasteiger partial charge is 0.165 e. The SMILES string of the molecule is Cc1ncnc2c1ccn2[C@@H]1O[C@@H](c2ccn(C)n2)[C@H]2OC(C)(C)O[C@H]21. The van der Waals surface area contributed by atoms with Gasteiger partial charge in [0.2, 0.25) is 0 Å². The van der Waals surface area contributed by atoms with Crippen LogP contribution in [0.1, 0.15) is 37.6 Å². The maximum atomic E-state index is 6.39. The quantitative estimate of drug-likeness (QED) is 0.702. The predicted octanol–water partition coefficient (Wildman–Crippen LogP) is 2.26. The van der Waals surface area contributed by atoms with E-state index in [1.54, 1.807) is 11.0 Å². The summed E-state index contributed by atoms with van der Waals surface area (Å²) in [4.78, 5) is 8.72. The summed E-state index contributed by atoms with van der Waals surface area (Å²) in [5.41, 5.74) is 2.61. The van der Waals surface area contributed by atoms with Gasteiger partial charge >= 0.3 is 0 Å². The van der Waals surface area contributed by atoms with Crippen molar-refractivity contribution in [1.29, 1.82) is 0 Å². The zero-order valence-corrected chi connectivity index (χ0v) is 15.2. The van der Waals surface area contributed by atoms with Crippen LogP contribution in [0.25, 0.3) is 11.0 Å². The van der Waals surface area contributed by atoms with Crippen LogP contribution >= 0.6 is 0 Å². The molecule has 5 rings (SSSR count). The van der Waals surface area contributed by atoms with Crippen molar-refractivity contribution >= 4 is 11.0 Å². The van der Waals surface area contributed by atoms with E-state index in [9.17, 15) is 0 Å². The van der Waals surface area contributed by atoms with Crippen LogP contribution in [0, 0.1) is 6.92 Å². The lowest BCUT2D eigenvalue weighted by Gasteiger charge is -2.24. The van der Waals surface area contributed by atoms with Gasteiger partial charge in [-0.2, -0.15) is 5.10 Å². The minimum Gasteiger partial charge on any atom is -0.343 e. The molecule has 2 saturated heterocycles. The van der Waals surface area contributed by atoms with E-state index in [4.69, 9.17) is 14.2 Å². The second kappa shape index (κ2) is 5.35. The first-order valence-corrected chi connectivity index (χ1v) is 8.72. The Morgan fingerprint density at radius 3 is 2.65 bits per heavy atom. The number of nitrogens with zero attached hydrogens (tertiary/aromatic N) is 5. The second-order valence-electron chi connectivity index (χ2n) is 7.35. The molecule has 0 bridgehead atoms. The third-order valence-electron chi connectivity index (χ3n) is 5.04. The van der Waals surface area contributed by atoms with E-state index >= 15 is 0 Å². The van der Waals surface area contributed by atoms with Gasteiger partial charge in [-0.05, 0) is 32.9 Å². The average Bonchev–Trinajstić information content (AvgIpc) is 3.31. The third kappa shape index (κ3) is 2.29. The van der Waals surface area contributed by atoms with Crippen molar-refractivity contribution in [2.24, 2.45) is 7.05 Å². The van der Waals surface area contributed by atoms with E-state index in [2.05, 4.69) is 15.1 Å². The number of aromatic nitrogens is 5. The highest BCUT2D eigenvalue weighted by molar-refractivity contribution is 5.78. The Labute approximate surface area is 150 Å². The molecule has 4 atom stereocenters. The fourth-order valence-electron chi connectivity index (χ4n) is 3.93. The molecule has 5 heterocycles. The van der Waals surface area contributed by atoms with Gasteiger partial charge in [0.05, 0.1) is 11.4 Å². The van der Waals surface area contributed by atoms with Gasteiger partial charge in [-0.1, -0.05) is 0 Å². The van der Waals surface area contributed by atoms with Gasteiger partial charge in [-0.15, -0.1) is 0 Å². The van der Waals surface area contributed by atoms with Gasteiger partial charge in [0, 0.05) is 24.8 Å². The first-order valence-electron chi connectivity index (χ1n) is 8.72. The molecule has 2 aliphatic heterocycles. The van der Waals surface area contributed by atoms with Gasteiger partial charge in [0.15, 0.2) is 12.0 Å². The predicted molar refractivity (Wildman–Crippen MR) is 92.2 cm³/mol. The largest absolute Gasteiger partial charge is 0.343 e. The van der Waals surface area contributed by atoms with Crippen molar-refractivity contribution in [1.82, 2.24) is 24.3 Å². The summed E-state index contributed by atoms with van der Waals surface area (Å²) in [6.45, 7) is 5.83. The molecule has 0 aliphatic carbocycles. The zero-order valence-electron chi connectivity index (χ0n) is 15.2. The highest BCUT2D eigenvalue weighted by atomic mass is 16.8. The second-order valence-corrected chi connectivity index (χ2v) is 7.35. The lowest BCUT2D eigenvalue weighted by atomic mass is 10.1. The standard InChI is InChI=1S/C18H21N5O3/c1-10-11-5-8-23(16(11)20-9-19-10)17-15-14(25-18(2,3)26-15)13(24-17)12-6-7-22(4)21-12/h5-9,13-15,17H,1-4H3/t13-,14+,15+,17+/m0/s1. The molecule has 0 amide bonds. The molecule has 8 nitrogen and oxygen atoms in total. The van der Waals surface area contributed by atoms with Crippen molar-refractivity contribution in [2.45, 2.75) is 51.1 Å².